The van der Waals surface area contributed by atoms with Crippen molar-refractivity contribution in [1.29, 1.82) is 0 Å². The standard InChI is InChI=1S/C15H26N4S/c1-5-15(6-2)7-8-19(11-15)14(16-4)17-9-13-18-12(3)10-20-13/h10H,5-9,11H2,1-4H3,(H,16,17). The van der Waals surface area contributed by atoms with Crippen LogP contribution in [-0.2, 0) is 6.54 Å². The van der Waals surface area contributed by atoms with Gasteiger partial charge in [-0.15, -0.1) is 11.3 Å². The summed E-state index contributed by atoms with van der Waals surface area (Å²) < 4.78 is 0. The topological polar surface area (TPSA) is 40.5 Å². The Labute approximate surface area is 126 Å². The van der Waals surface area contributed by atoms with Crippen LogP contribution in [0.15, 0.2) is 10.4 Å². The predicted octanol–water partition coefficient (Wildman–Crippen LogP) is 3.04. The highest BCUT2D eigenvalue weighted by Crippen LogP contribution is 2.36. The second kappa shape index (κ2) is 6.57. The highest BCUT2D eigenvalue weighted by molar-refractivity contribution is 7.09. The second-order valence-corrected chi connectivity index (χ2v) is 6.60. The van der Waals surface area contributed by atoms with Crippen LogP contribution in [0, 0.1) is 12.3 Å². The van der Waals surface area contributed by atoms with Crippen molar-refractivity contribution >= 4 is 17.3 Å². The SMILES string of the molecule is CCC1(CC)CCN(C(=NC)NCc2nc(C)cs2)C1. The van der Waals surface area contributed by atoms with Gasteiger partial charge in [0.1, 0.15) is 5.01 Å². The summed E-state index contributed by atoms with van der Waals surface area (Å²) in [5.41, 5.74) is 1.58. The summed E-state index contributed by atoms with van der Waals surface area (Å²) in [6.45, 7) is 9.65. The molecule has 2 heterocycles. The van der Waals surface area contributed by atoms with Gasteiger partial charge in [-0.1, -0.05) is 13.8 Å². The number of aryl methyl sites for hydroxylation is 1. The van der Waals surface area contributed by atoms with Gasteiger partial charge in [0.15, 0.2) is 5.96 Å². The third kappa shape index (κ3) is 3.32. The lowest BCUT2D eigenvalue weighted by Gasteiger charge is -2.27. The van der Waals surface area contributed by atoms with Crippen LogP contribution in [0.3, 0.4) is 0 Å². The van der Waals surface area contributed by atoms with E-state index in [1.807, 2.05) is 14.0 Å². The Morgan fingerprint density at radius 2 is 2.25 bits per heavy atom. The van der Waals surface area contributed by atoms with Crippen molar-refractivity contribution in [3.63, 3.8) is 0 Å². The molecule has 0 amide bonds. The molecule has 0 unspecified atom stereocenters. The second-order valence-electron chi connectivity index (χ2n) is 5.66. The molecule has 0 saturated carbocycles. The van der Waals surface area contributed by atoms with Crippen molar-refractivity contribution < 1.29 is 0 Å². The molecule has 2 rings (SSSR count). The summed E-state index contributed by atoms with van der Waals surface area (Å²) in [4.78, 5) is 11.3. The maximum Gasteiger partial charge on any atom is 0.194 e. The van der Waals surface area contributed by atoms with E-state index in [4.69, 9.17) is 0 Å². The number of thiazole rings is 1. The molecule has 1 aromatic rings. The van der Waals surface area contributed by atoms with Crippen molar-refractivity contribution in [3.8, 4) is 0 Å². The fourth-order valence-electron chi connectivity index (χ4n) is 2.91. The molecule has 1 N–H and O–H groups in total. The van der Waals surface area contributed by atoms with E-state index in [2.05, 4.69) is 39.4 Å². The summed E-state index contributed by atoms with van der Waals surface area (Å²) in [5, 5.41) is 6.67. The number of hydrogen-bond donors (Lipinski definition) is 1. The molecule has 0 aliphatic carbocycles. The van der Waals surface area contributed by atoms with Crippen LogP contribution in [0.1, 0.15) is 43.8 Å². The molecule has 0 atom stereocenters. The summed E-state index contributed by atoms with van der Waals surface area (Å²) in [6.07, 6.45) is 3.78. The van der Waals surface area contributed by atoms with E-state index in [0.717, 1.165) is 36.3 Å². The van der Waals surface area contributed by atoms with Gasteiger partial charge in [0, 0.05) is 31.2 Å². The molecule has 1 aliphatic rings. The largest absolute Gasteiger partial charge is 0.350 e. The molecule has 4 nitrogen and oxygen atoms in total. The molecule has 20 heavy (non-hydrogen) atoms. The average molecular weight is 294 g/mol. The molecular weight excluding hydrogens is 268 g/mol. The molecule has 0 spiro atoms. The van der Waals surface area contributed by atoms with E-state index in [-0.39, 0.29) is 0 Å². The Hall–Kier alpha value is -1.10. The monoisotopic (exact) mass is 294 g/mol. The van der Waals surface area contributed by atoms with Gasteiger partial charge in [-0.05, 0) is 31.6 Å². The fraction of sp³-hybridized carbons (Fsp3) is 0.733. The van der Waals surface area contributed by atoms with Gasteiger partial charge >= 0.3 is 0 Å². The fourth-order valence-corrected chi connectivity index (χ4v) is 3.63. The van der Waals surface area contributed by atoms with Crippen LogP contribution in [0.4, 0.5) is 0 Å². The molecule has 112 valence electrons. The van der Waals surface area contributed by atoms with Crippen LogP contribution < -0.4 is 5.32 Å². The summed E-state index contributed by atoms with van der Waals surface area (Å²) >= 11 is 1.71. The smallest absolute Gasteiger partial charge is 0.194 e. The predicted molar refractivity (Wildman–Crippen MR) is 86.3 cm³/mol. The van der Waals surface area contributed by atoms with Crippen LogP contribution in [0.2, 0.25) is 0 Å². The number of aromatic nitrogens is 1. The Bertz CT molecular complexity index is 462. The maximum atomic E-state index is 4.49. The van der Waals surface area contributed by atoms with E-state index in [0.29, 0.717) is 5.41 Å². The van der Waals surface area contributed by atoms with Crippen molar-refractivity contribution in [1.82, 2.24) is 15.2 Å². The first-order valence-electron chi connectivity index (χ1n) is 7.49. The van der Waals surface area contributed by atoms with Crippen LogP contribution in [0.25, 0.3) is 0 Å². The normalized spacial score (nSPS) is 18.6. The van der Waals surface area contributed by atoms with Gasteiger partial charge in [0.25, 0.3) is 0 Å². The first-order chi connectivity index (χ1) is 9.62. The van der Waals surface area contributed by atoms with E-state index in [9.17, 15) is 0 Å². The van der Waals surface area contributed by atoms with E-state index < -0.39 is 0 Å². The minimum absolute atomic E-state index is 0.482. The summed E-state index contributed by atoms with van der Waals surface area (Å²) in [6, 6.07) is 0. The summed E-state index contributed by atoms with van der Waals surface area (Å²) in [5.74, 6) is 1.02. The zero-order valence-corrected chi connectivity index (χ0v) is 13.9. The number of nitrogens with one attached hydrogen (secondary N) is 1. The van der Waals surface area contributed by atoms with Gasteiger partial charge in [0.05, 0.1) is 6.54 Å². The third-order valence-corrected chi connectivity index (χ3v) is 5.48. The average Bonchev–Trinajstić information content (AvgIpc) is 3.07. The van der Waals surface area contributed by atoms with E-state index in [1.165, 1.54) is 19.3 Å². The van der Waals surface area contributed by atoms with Gasteiger partial charge in [-0.25, -0.2) is 4.98 Å². The first-order valence-corrected chi connectivity index (χ1v) is 8.37. The number of nitrogens with zero attached hydrogens (tertiary/aromatic N) is 3. The van der Waals surface area contributed by atoms with Gasteiger partial charge in [0.2, 0.25) is 0 Å². The van der Waals surface area contributed by atoms with E-state index >= 15 is 0 Å². The Balaban J connectivity index is 1.93. The molecule has 1 aliphatic heterocycles. The molecule has 1 aromatic heterocycles. The van der Waals surface area contributed by atoms with Crippen LogP contribution in [0.5, 0.6) is 0 Å². The minimum Gasteiger partial charge on any atom is -0.350 e. The van der Waals surface area contributed by atoms with Crippen molar-refractivity contribution in [2.75, 3.05) is 20.1 Å². The maximum absolute atomic E-state index is 4.49. The number of likely N-dealkylation sites (tertiary alicyclic amines) is 1. The van der Waals surface area contributed by atoms with Crippen molar-refractivity contribution in [2.45, 2.75) is 46.6 Å². The van der Waals surface area contributed by atoms with Crippen LogP contribution >= 0.6 is 11.3 Å². The highest BCUT2D eigenvalue weighted by atomic mass is 32.1. The molecular formula is C15H26N4S. The zero-order chi connectivity index (χ0) is 14.6. The molecule has 0 aromatic carbocycles. The lowest BCUT2D eigenvalue weighted by atomic mass is 9.82. The Morgan fingerprint density at radius 3 is 2.75 bits per heavy atom. The van der Waals surface area contributed by atoms with Crippen molar-refractivity contribution in [2.24, 2.45) is 10.4 Å². The number of guanidine groups is 1. The Kier molecular flexibility index (Phi) is 5.02. The molecule has 0 bridgehead atoms. The summed E-state index contributed by atoms with van der Waals surface area (Å²) in [7, 11) is 1.87. The number of hydrogen-bond acceptors (Lipinski definition) is 3. The molecule has 1 fully saturated rings. The van der Waals surface area contributed by atoms with E-state index in [1.54, 1.807) is 11.3 Å². The molecule has 1 saturated heterocycles. The van der Waals surface area contributed by atoms with Crippen LogP contribution in [-0.4, -0.2) is 36.0 Å². The van der Waals surface area contributed by atoms with Gasteiger partial charge in [-0.2, -0.15) is 0 Å². The van der Waals surface area contributed by atoms with Crippen molar-refractivity contribution in [3.05, 3.63) is 16.1 Å². The zero-order valence-electron chi connectivity index (χ0n) is 13.1. The third-order valence-electron chi connectivity index (χ3n) is 4.51. The van der Waals surface area contributed by atoms with Gasteiger partial charge in [-0.3, -0.25) is 4.99 Å². The molecule has 0 radical (unpaired) electrons. The molecule has 5 heteroatoms. The lowest BCUT2D eigenvalue weighted by molar-refractivity contribution is 0.276. The lowest BCUT2D eigenvalue weighted by Crippen LogP contribution is -2.40. The van der Waals surface area contributed by atoms with Gasteiger partial charge < -0.3 is 10.2 Å². The number of aliphatic imine (C=N–C) groups is 1. The first kappa shape index (κ1) is 15.3. The Morgan fingerprint density at radius 1 is 1.50 bits per heavy atom. The minimum atomic E-state index is 0.482. The highest BCUT2D eigenvalue weighted by Gasteiger charge is 2.36. The number of rotatable bonds is 4. The quantitative estimate of drug-likeness (QED) is 0.685.